The van der Waals surface area contributed by atoms with E-state index >= 15 is 0 Å². The molecule has 106 valence electrons. The minimum atomic E-state index is -4.44. The number of morpholine rings is 1. The molecule has 0 radical (unpaired) electrons. The van der Waals surface area contributed by atoms with Crippen LogP contribution in [-0.4, -0.2) is 49.0 Å². The summed E-state index contributed by atoms with van der Waals surface area (Å²) in [6, 6.07) is 0. The monoisotopic (exact) mass is 280 g/mol. The molecule has 9 heteroatoms. The van der Waals surface area contributed by atoms with Gasteiger partial charge in [0.25, 0.3) is 0 Å². The summed E-state index contributed by atoms with van der Waals surface area (Å²) in [4.78, 5) is 8.86. The van der Waals surface area contributed by atoms with Gasteiger partial charge in [-0.25, -0.2) is 9.37 Å². The Hall–Kier alpha value is -1.64. The van der Waals surface area contributed by atoms with Crippen molar-refractivity contribution in [2.24, 2.45) is 0 Å². The van der Waals surface area contributed by atoms with Gasteiger partial charge in [-0.1, -0.05) is 0 Å². The maximum Gasteiger partial charge on any atom is 0.416 e. The Kier molecular flexibility index (Phi) is 3.74. The maximum absolute atomic E-state index is 13.2. The van der Waals surface area contributed by atoms with E-state index in [9.17, 15) is 17.6 Å². The smallest absolute Gasteiger partial charge is 0.371 e. The highest BCUT2D eigenvalue weighted by atomic mass is 19.4. The second kappa shape index (κ2) is 5.16. The zero-order valence-electron chi connectivity index (χ0n) is 10.0. The van der Waals surface area contributed by atoms with Crippen molar-refractivity contribution >= 4 is 11.8 Å². The number of rotatable bonds is 2. The molecule has 0 saturated carbocycles. The lowest BCUT2D eigenvalue weighted by molar-refractivity contribution is -0.221. The van der Waals surface area contributed by atoms with Gasteiger partial charge in [0.15, 0.2) is 17.7 Å². The number of halogens is 4. The molecule has 1 aromatic heterocycles. The fourth-order valence-corrected chi connectivity index (χ4v) is 1.71. The molecule has 0 unspecified atom stereocenters. The van der Waals surface area contributed by atoms with Crippen molar-refractivity contribution in [1.82, 2.24) is 9.97 Å². The van der Waals surface area contributed by atoms with Gasteiger partial charge in [-0.05, 0) is 0 Å². The Morgan fingerprint density at radius 2 is 2.21 bits per heavy atom. The normalized spacial score (nSPS) is 20.5. The van der Waals surface area contributed by atoms with E-state index in [1.807, 2.05) is 0 Å². The van der Waals surface area contributed by atoms with Crippen LogP contribution in [0.15, 0.2) is 6.20 Å². The summed E-state index contributed by atoms with van der Waals surface area (Å²) in [7, 11) is 1.47. The summed E-state index contributed by atoms with van der Waals surface area (Å²) in [6.45, 7) is -0.264. The van der Waals surface area contributed by atoms with E-state index in [0.29, 0.717) is 0 Å². The highest BCUT2D eigenvalue weighted by molar-refractivity contribution is 5.42. The number of anilines is 2. The first-order valence-corrected chi connectivity index (χ1v) is 5.55. The quantitative estimate of drug-likeness (QED) is 0.830. The predicted octanol–water partition coefficient (Wildman–Crippen LogP) is 1.42. The number of alkyl halides is 3. The van der Waals surface area contributed by atoms with Gasteiger partial charge in [0.2, 0.25) is 5.95 Å². The van der Waals surface area contributed by atoms with Gasteiger partial charge >= 0.3 is 6.18 Å². The summed E-state index contributed by atoms with van der Waals surface area (Å²) < 4.78 is 55.6. The summed E-state index contributed by atoms with van der Waals surface area (Å²) in [5.74, 6) is -0.671. The number of aromatic nitrogens is 2. The largest absolute Gasteiger partial charge is 0.416 e. The summed E-state index contributed by atoms with van der Waals surface area (Å²) in [6.07, 6.45) is -5.40. The van der Waals surface area contributed by atoms with Gasteiger partial charge in [-0.15, -0.1) is 0 Å². The molecule has 1 saturated heterocycles. The second-order valence-corrected chi connectivity index (χ2v) is 3.96. The molecule has 1 atom stereocenters. The standard InChI is InChI=1S/C10H12F4N4O/c1-15-8-6(11)4-16-9(17-8)18-2-3-19-7(5-18)10(12,13)14/h4,7H,2-3,5H2,1H3,(H,15,16,17)/t7-/m1/s1. The highest BCUT2D eigenvalue weighted by Crippen LogP contribution is 2.27. The van der Waals surface area contributed by atoms with Crippen LogP contribution in [0.2, 0.25) is 0 Å². The van der Waals surface area contributed by atoms with E-state index in [1.54, 1.807) is 0 Å². The van der Waals surface area contributed by atoms with E-state index in [0.717, 1.165) is 6.20 Å². The Morgan fingerprint density at radius 3 is 2.84 bits per heavy atom. The molecule has 0 aliphatic carbocycles. The van der Waals surface area contributed by atoms with E-state index in [-0.39, 0.29) is 24.9 Å². The Morgan fingerprint density at radius 1 is 1.47 bits per heavy atom. The van der Waals surface area contributed by atoms with E-state index in [4.69, 9.17) is 0 Å². The van der Waals surface area contributed by atoms with Crippen LogP contribution in [-0.2, 0) is 4.74 Å². The average Bonchev–Trinajstić information content (AvgIpc) is 2.38. The molecule has 1 aromatic rings. The zero-order chi connectivity index (χ0) is 14.0. The molecule has 0 amide bonds. The van der Waals surface area contributed by atoms with Gasteiger partial charge in [0.05, 0.1) is 19.3 Å². The van der Waals surface area contributed by atoms with Crippen molar-refractivity contribution in [3.8, 4) is 0 Å². The molecule has 1 fully saturated rings. The fraction of sp³-hybridized carbons (Fsp3) is 0.600. The molecule has 0 bridgehead atoms. The van der Waals surface area contributed by atoms with Crippen LogP contribution in [0.25, 0.3) is 0 Å². The minimum absolute atomic E-state index is 0.0447. The van der Waals surface area contributed by atoms with E-state index in [2.05, 4.69) is 20.0 Å². The zero-order valence-corrected chi connectivity index (χ0v) is 10.0. The number of ether oxygens (including phenoxy) is 1. The minimum Gasteiger partial charge on any atom is -0.371 e. The molecule has 0 spiro atoms. The summed E-state index contributed by atoms with van der Waals surface area (Å²) in [5.41, 5.74) is 0. The van der Waals surface area contributed by atoms with Crippen LogP contribution in [0.4, 0.5) is 29.3 Å². The molecular formula is C10H12F4N4O. The first-order chi connectivity index (χ1) is 8.91. The summed E-state index contributed by atoms with van der Waals surface area (Å²) >= 11 is 0. The Bertz CT molecular complexity index is 454. The molecule has 2 heterocycles. The molecular weight excluding hydrogens is 268 g/mol. The topological polar surface area (TPSA) is 50.3 Å². The third-order valence-corrected chi connectivity index (χ3v) is 2.68. The van der Waals surface area contributed by atoms with Gasteiger partial charge in [0, 0.05) is 13.6 Å². The van der Waals surface area contributed by atoms with Gasteiger partial charge < -0.3 is 15.0 Å². The number of hydrogen-bond donors (Lipinski definition) is 1. The lowest BCUT2D eigenvalue weighted by Gasteiger charge is -2.33. The van der Waals surface area contributed by atoms with Crippen molar-refractivity contribution < 1.29 is 22.3 Å². The molecule has 19 heavy (non-hydrogen) atoms. The first kappa shape index (κ1) is 13.8. The Balaban J connectivity index is 2.17. The molecule has 1 N–H and O–H groups in total. The Labute approximate surface area is 106 Å². The maximum atomic E-state index is 13.2. The number of nitrogens with zero attached hydrogens (tertiary/aromatic N) is 3. The van der Waals surface area contributed by atoms with E-state index < -0.39 is 24.6 Å². The van der Waals surface area contributed by atoms with Crippen LogP contribution >= 0.6 is 0 Å². The molecule has 1 aliphatic rings. The molecule has 2 rings (SSSR count). The van der Waals surface area contributed by atoms with Crippen LogP contribution < -0.4 is 10.2 Å². The van der Waals surface area contributed by atoms with Gasteiger partial charge in [-0.2, -0.15) is 18.2 Å². The van der Waals surface area contributed by atoms with Crippen LogP contribution in [0, 0.1) is 5.82 Å². The lowest BCUT2D eigenvalue weighted by atomic mass is 10.2. The van der Waals surface area contributed by atoms with Crippen LogP contribution in [0.5, 0.6) is 0 Å². The number of hydrogen-bond acceptors (Lipinski definition) is 5. The molecule has 0 aromatic carbocycles. The SMILES string of the molecule is CNc1nc(N2CCO[C@@H](C(F)(F)F)C2)ncc1F. The van der Waals surface area contributed by atoms with Crippen LogP contribution in [0.3, 0.4) is 0 Å². The predicted molar refractivity (Wildman–Crippen MR) is 59.5 cm³/mol. The van der Waals surface area contributed by atoms with Gasteiger partial charge in [0.1, 0.15) is 0 Å². The number of nitrogens with one attached hydrogen (secondary N) is 1. The molecule has 5 nitrogen and oxygen atoms in total. The lowest BCUT2D eigenvalue weighted by Crippen LogP contribution is -2.49. The highest BCUT2D eigenvalue weighted by Gasteiger charge is 2.43. The summed E-state index contributed by atoms with van der Waals surface area (Å²) in [5, 5.41) is 2.51. The fourth-order valence-electron chi connectivity index (χ4n) is 1.71. The first-order valence-electron chi connectivity index (χ1n) is 5.55. The van der Waals surface area contributed by atoms with E-state index in [1.165, 1.54) is 11.9 Å². The van der Waals surface area contributed by atoms with Crippen LogP contribution in [0.1, 0.15) is 0 Å². The third kappa shape index (κ3) is 3.03. The second-order valence-electron chi connectivity index (χ2n) is 3.96. The molecule has 1 aliphatic heterocycles. The van der Waals surface area contributed by atoms with Crippen molar-refractivity contribution in [2.75, 3.05) is 37.0 Å². The van der Waals surface area contributed by atoms with Crippen molar-refractivity contribution in [3.63, 3.8) is 0 Å². The van der Waals surface area contributed by atoms with Crippen molar-refractivity contribution in [2.45, 2.75) is 12.3 Å². The third-order valence-electron chi connectivity index (χ3n) is 2.68. The van der Waals surface area contributed by atoms with Crippen molar-refractivity contribution in [1.29, 1.82) is 0 Å². The van der Waals surface area contributed by atoms with Gasteiger partial charge in [-0.3, -0.25) is 0 Å². The average molecular weight is 280 g/mol. The van der Waals surface area contributed by atoms with Crippen molar-refractivity contribution in [3.05, 3.63) is 12.0 Å².